The lowest BCUT2D eigenvalue weighted by atomic mass is 10.1. The van der Waals surface area contributed by atoms with Gasteiger partial charge in [-0.3, -0.25) is 4.79 Å². The van der Waals surface area contributed by atoms with E-state index in [2.05, 4.69) is 15.6 Å². The van der Waals surface area contributed by atoms with Crippen molar-refractivity contribution in [2.75, 3.05) is 25.0 Å². The molecule has 0 radical (unpaired) electrons. The van der Waals surface area contributed by atoms with Crippen molar-refractivity contribution < 1.29 is 9.53 Å². The number of rotatable bonds is 5. The fraction of sp³-hybridized carbons (Fsp3) is 0.375. The Labute approximate surface area is 133 Å². The van der Waals surface area contributed by atoms with Crippen molar-refractivity contribution in [3.05, 3.63) is 35.8 Å². The number of anilines is 1. The molecule has 0 atom stereocenters. The lowest BCUT2D eigenvalue weighted by Crippen LogP contribution is -2.34. The van der Waals surface area contributed by atoms with Crippen molar-refractivity contribution in [1.29, 1.82) is 0 Å². The first-order valence-electron chi connectivity index (χ1n) is 7.43. The first kappa shape index (κ1) is 15.1. The molecule has 1 aliphatic rings. The average Bonchev–Trinajstić information content (AvgIpc) is 3.09. The summed E-state index contributed by atoms with van der Waals surface area (Å²) in [4.78, 5) is 16.2. The highest BCUT2D eigenvalue weighted by atomic mass is 32.1. The summed E-state index contributed by atoms with van der Waals surface area (Å²) in [5, 5.41) is 9.06. The highest BCUT2D eigenvalue weighted by molar-refractivity contribution is 7.13. The van der Waals surface area contributed by atoms with E-state index in [9.17, 15) is 4.79 Å². The Morgan fingerprint density at radius 2 is 2.09 bits per heavy atom. The quantitative estimate of drug-likeness (QED) is 0.889. The maximum atomic E-state index is 11.9. The molecule has 116 valence electrons. The maximum Gasteiger partial charge on any atom is 0.250 e. The number of carbonyl (C=O) groups excluding carboxylic acids is 1. The topological polar surface area (TPSA) is 63.2 Å². The minimum atomic E-state index is -0.111. The minimum absolute atomic E-state index is 0.110. The molecule has 0 spiro atoms. The zero-order chi connectivity index (χ0) is 15.2. The van der Waals surface area contributed by atoms with E-state index in [4.69, 9.17) is 4.74 Å². The smallest absolute Gasteiger partial charge is 0.250 e. The van der Waals surface area contributed by atoms with Gasteiger partial charge >= 0.3 is 0 Å². The van der Waals surface area contributed by atoms with E-state index in [1.54, 1.807) is 17.5 Å². The molecule has 1 amide bonds. The van der Waals surface area contributed by atoms with Gasteiger partial charge in [0.1, 0.15) is 11.6 Å². The Bertz CT molecular complexity index is 592. The van der Waals surface area contributed by atoms with Gasteiger partial charge in [-0.2, -0.15) is 0 Å². The largest absolute Gasteiger partial charge is 0.368 e. The van der Waals surface area contributed by atoms with Crippen LogP contribution in [0.1, 0.15) is 12.8 Å². The first-order valence-corrected chi connectivity index (χ1v) is 8.31. The van der Waals surface area contributed by atoms with Crippen molar-refractivity contribution in [2.45, 2.75) is 18.9 Å². The fourth-order valence-corrected chi connectivity index (χ4v) is 3.06. The van der Waals surface area contributed by atoms with Gasteiger partial charge in [0, 0.05) is 22.8 Å². The van der Waals surface area contributed by atoms with Gasteiger partial charge in [0.2, 0.25) is 5.91 Å². The third-order valence-corrected chi connectivity index (χ3v) is 4.41. The number of amides is 1. The zero-order valence-electron chi connectivity index (χ0n) is 12.2. The van der Waals surface area contributed by atoms with E-state index >= 15 is 0 Å². The van der Waals surface area contributed by atoms with Crippen LogP contribution in [0.15, 0.2) is 35.8 Å². The first-order chi connectivity index (χ1) is 10.8. The molecular formula is C16H19N3O2S. The van der Waals surface area contributed by atoms with Gasteiger partial charge in [0.05, 0.1) is 6.10 Å². The fourth-order valence-electron chi connectivity index (χ4n) is 2.41. The van der Waals surface area contributed by atoms with Crippen LogP contribution >= 0.6 is 11.3 Å². The number of nitrogens with zero attached hydrogens (tertiary/aromatic N) is 1. The molecule has 0 unspecified atom stereocenters. The number of thiazole rings is 1. The summed E-state index contributed by atoms with van der Waals surface area (Å²) in [5.41, 5.74) is 1.83. The Morgan fingerprint density at radius 1 is 1.32 bits per heavy atom. The average molecular weight is 317 g/mol. The van der Waals surface area contributed by atoms with Crippen LogP contribution < -0.4 is 10.6 Å². The van der Waals surface area contributed by atoms with Crippen molar-refractivity contribution in [3.8, 4) is 10.6 Å². The monoisotopic (exact) mass is 317 g/mol. The Balaban J connectivity index is 1.48. The van der Waals surface area contributed by atoms with Crippen LogP contribution in [0.4, 0.5) is 5.69 Å². The minimum Gasteiger partial charge on any atom is -0.368 e. The molecule has 1 aromatic carbocycles. The SMILES string of the molecule is O=C(COC1CCNCC1)Nc1ccc(-c2nccs2)cc1. The van der Waals surface area contributed by atoms with Crippen LogP contribution in [0.25, 0.3) is 10.6 Å². The van der Waals surface area contributed by atoms with Crippen LogP contribution in [-0.4, -0.2) is 36.7 Å². The Morgan fingerprint density at radius 3 is 2.77 bits per heavy atom. The molecule has 2 heterocycles. The predicted octanol–water partition coefficient (Wildman–Crippen LogP) is 2.52. The molecule has 1 saturated heterocycles. The van der Waals surface area contributed by atoms with Crippen molar-refractivity contribution in [3.63, 3.8) is 0 Å². The van der Waals surface area contributed by atoms with E-state index < -0.39 is 0 Å². The van der Waals surface area contributed by atoms with Gasteiger partial charge in [-0.1, -0.05) is 0 Å². The van der Waals surface area contributed by atoms with Crippen LogP contribution in [0.2, 0.25) is 0 Å². The molecule has 3 rings (SSSR count). The molecular weight excluding hydrogens is 298 g/mol. The summed E-state index contributed by atoms with van der Waals surface area (Å²) in [6.45, 7) is 2.04. The second kappa shape index (κ2) is 7.49. The molecule has 6 heteroatoms. The summed E-state index contributed by atoms with van der Waals surface area (Å²) in [6, 6.07) is 7.70. The van der Waals surface area contributed by atoms with Gasteiger partial charge in [-0.05, 0) is 50.2 Å². The number of hydrogen-bond acceptors (Lipinski definition) is 5. The number of ether oxygens (including phenoxy) is 1. The highest BCUT2D eigenvalue weighted by Gasteiger charge is 2.14. The third kappa shape index (κ3) is 4.13. The second-order valence-corrected chi connectivity index (χ2v) is 6.12. The Hall–Kier alpha value is -1.76. The van der Waals surface area contributed by atoms with Gasteiger partial charge in [-0.15, -0.1) is 11.3 Å². The predicted molar refractivity (Wildman–Crippen MR) is 88.0 cm³/mol. The maximum absolute atomic E-state index is 11.9. The molecule has 5 nitrogen and oxygen atoms in total. The van der Waals surface area contributed by atoms with E-state index in [0.29, 0.717) is 0 Å². The van der Waals surface area contributed by atoms with Gasteiger partial charge in [-0.25, -0.2) is 4.98 Å². The van der Waals surface area contributed by atoms with Crippen LogP contribution in [0.5, 0.6) is 0 Å². The number of piperidine rings is 1. The number of carbonyl (C=O) groups is 1. The molecule has 0 bridgehead atoms. The van der Waals surface area contributed by atoms with E-state index in [-0.39, 0.29) is 18.6 Å². The second-order valence-electron chi connectivity index (χ2n) is 5.22. The summed E-state index contributed by atoms with van der Waals surface area (Å²) >= 11 is 1.60. The summed E-state index contributed by atoms with van der Waals surface area (Å²) < 4.78 is 5.64. The highest BCUT2D eigenvalue weighted by Crippen LogP contribution is 2.23. The van der Waals surface area contributed by atoms with Crippen molar-refractivity contribution >= 4 is 22.9 Å². The van der Waals surface area contributed by atoms with Crippen molar-refractivity contribution in [1.82, 2.24) is 10.3 Å². The summed E-state index contributed by atoms with van der Waals surface area (Å²) in [6.07, 6.45) is 3.92. The zero-order valence-corrected chi connectivity index (χ0v) is 13.1. The summed E-state index contributed by atoms with van der Waals surface area (Å²) in [7, 11) is 0. The lowest BCUT2D eigenvalue weighted by Gasteiger charge is -2.22. The standard InChI is InChI=1S/C16H19N3O2S/c20-15(11-21-14-5-7-17-8-6-14)19-13-3-1-12(2-4-13)16-18-9-10-22-16/h1-4,9-10,14,17H,5-8,11H2,(H,19,20). The number of nitrogens with one attached hydrogen (secondary N) is 2. The van der Waals surface area contributed by atoms with E-state index in [0.717, 1.165) is 42.2 Å². The van der Waals surface area contributed by atoms with Crippen molar-refractivity contribution in [2.24, 2.45) is 0 Å². The van der Waals surface area contributed by atoms with Gasteiger partial charge in [0.25, 0.3) is 0 Å². The third-order valence-electron chi connectivity index (χ3n) is 3.58. The van der Waals surface area contributed by atoms with Crippen LogP contribution in [0, 0.1) is 0 Å². The summed E-state index contributed by atoms with van der Waals surface area (Å²) in [5.74, 6) is -0.111. The number of benzene rings is 1. The lowest BCUT2D eigenvalue weighted by molar-refractivity contribution is -0.123. The van der Waals surface area contributed by atoms with E-state index in [1.807, 2.05) is 29.6 Å². The Kier molecular flexibility index (Phi) is 5.15. The van der Waals surface area contributed by atoms with Crippen LogP contribution in [0.3, 0.4) is 0 Å². The molecule has 0 saturated carbocycles. The van der Waals surface area contributed by atoms with Gasteiger partial charge in [0.15, 0.2) is 0 Å². The van der Waals surface area contributed by atoms with E-state index in [1.165, 1.54) is 0 Å². The number of aromatic nitrogens is 1. The molecule has 1 aliphatic heterocycles. The molecule has 0 aliphatic carbocycles. The molecule has 22 heavy (non-hydrogen) atoms. The molecule has 2 N–H and O–H groups in total. The molecule has 2 aromatic rings. The molecule has 1 aromatic heterocycles. The van der Waals surface area contributed by atoms with Gasteiger partial charge < -0.3 is 15.4 Å². The van der Waals surface area contributed by atoms with Crippen LogP contribution in [-0.2, 0) is 9.53 Å². The number of hydrogen-bond donors (Lipinski definition) is 2. The normalized spacial score (nSPS) is 15.6. The molecule has 1 fully saturated rings.